The van der Waals surface area contributed by atoms with Gasteiger partial charge in [-0.3, -0.25) is 20.0 Å². The number of rotatable bonds is 6. The number of fused-ring (bicyclic) bond motifs is 2. The Morgan fingerprint density at radius 1 is 1.14 bits per heavy atom. The first-order chi connectivity index (χ1) is 20.6. The molecule has 3 aromatic rings. The molecule has 0 saturated carbocycles. The smallest absolute Gasteiger partial charge is 0.322 e. The van der Waals surface area contributed by atoms with Gasteiger partial charge in [-0.25, -0.2) is 9.78 Å². The van der Waals surface area contributed by atoms with Crippen LogP contribution in [-0.4, -0.2) is 41.9 Å². The summed E-state index contributed by atoms with van der Waals surface area (Å²) in [5.74, 6) is 0.686. The summed E-state index contributed by atoms with van der Waals surface area (Å²) in [6, 6.07) is 10.3. The van der Waals surface area contributed by atoms with Crippen molar-refractivity contribution in [2.24, 2.45) is 5.14 Å². The van der Waals surface area contributed by atoms with Crippen LogP contribution in [0.25, 0.3) is 16.7 Å². The standard InChI is InChI=1S/C18H18N4O3S.C10H11NO2.2C2H6/c1-4-11(26-19)6-5-10(2)12-7-8-14-13(20-12)9-15(25-14)18(3)16(23)21-17(24)22-18;1-11-6-7-3-4-8(13-2)5-9(7)10(11)12;2*1-2/h4-9H,1,19H2,2-3H3,(H2,21,22,23,24);3-5H,6H2,1-2H3;2*1-2H3/b10-5+,11-6+;;;. The number of nitrogens with zero attached hydrogens (tertiary/aromatic N) is 2. The highest BCUT2D eigenvalue weighted by Crippen LogP contribution is 2.30. The number of hydrogen-bond acceptors (Lipinski definition) is 8. The summed E-state index contributed by atoms with van der Waals surface area (Å²) in [6.07, 6.45) is 5.44. The number of benzene rings is 1. The molecule has 0 spiro atoms. The minimum Gasteiger partial charge on any atom is -0.497 e. The molecular formula is C32H41N5O5S. The first kappa shape index (κ1) is 34.8. The second kappa shape index (κ2) is 15.8. The molecule has 4 N–H and O–H groups in total. The highest BCUT2D eigenvalue weighted by Gasteiger charge is 2.46. The van der Waals surface area contributed by atoms with E-state index in [2.05, 4.69) is 22.2 Å². The molecule has 1 aromatic carbocycles. The average Bonchev–Trinajstić information content (AvgIpc) is 3.67. The number of ether oxygens (including phenoxy) is 1. The Hall–Kier alpha value is -4.35. The molecule has 43 heavy (non-hydrogen) atoms. The lowest BCUT2D eigenvalue weighted by Gasteiger charge is -2.16. The van der Waals surface area contributed by atoms with Crippen molar-refractivity contribution in [1.82, 2.24) is 20.5 Å². The van der Waals surface area contributed by atoms with Gasteiger partial charge >= 0.3 is 6.03 Å². The van der Waals surface area contributed by atoms with Gasteiger partial charge < -0.3 is 19.4 Å². The van der Waals surface area contributed by atoms with Crippen LogP contribution in [0.3, 0.4) is 0 Å². The molecule has 4 heterocycles. The van der Waals surface area contributed by atoms with Crippen molar-refractivity contribution < 1.29 is 23.5 Å². The van der Waals surface area contributed by atoms with Crippen LogP contribution >= 0.6 is 11.9 Å². The topological polar surface area (TPSA) is 140 Å². The molecule has 0 radical (unpaired) electrons. The molecule has 1 saturated heterocycles. The Morgan fingerprint density at radius 3 is 2.42 bits per heavy atom. The lowest BCUT2D eigenvalue weighted by molar-refractivity contribution is -0.124. The number of carbonyl (C=O) groups is 3. The first-order valence-corrected chi connectivity index (χ1v) is 14.8. The van der Waals surface area contributed by atoms with Crippen molar-refractivity contribution in [2.45, 2.75) is 53.6 Å². The van der Waals surface area contributed by atoms with E-state index in [1.165, 1.54) is 0 Å². The highest BCUT2D eigenvalue weighted by molar-refractivity contribution is 8.01. The van der Waals surface area contributed by atoms with E-state index in [0.29, 0.717) is 23.4 Å². The van der Waals surface area contributed by atoms with Crippen LogP contribution in [0.2, 0.25) is 0 Å². The zero-order chi connectivity index (χ0) is 32.3. The van der Waals surface area contributed by atoms with Crippen molar-refractivity contribution in [1.29, 1.82) is 0 Å². The Balaban J connectivity index is 0.000000317. The second-order valence-electron chi connectivity index (χ2n) is 9.15. The number of allylic oxidation sites excluding steroid dienone is 4. The molecule has 10 nitrogen and oxygen atoms in total. The van der Waals surface area contributed by atoms with Crippen molar-refractivity contribution in [3.05, 3.63) is 88.7 Å². The molecule has 1 unspecified atom stereocenters. The van der Waals surface area contributed by atoms with E-state index in [1.807, 2.05) is 65.0 Å². The summed E-state index contributed by atoms with van der Waals surface area (Å²) in [4.78, 5) is 42.1. The van der Waals surface area contributed by atoms with E-state index >= 15 is 0 Å². The maximum atomic E-state index is 12.1. The minimum absolute atomic E-state index is 0.0777. The molecule has 230 valence electrons. The number of imide groups is 1. The zero-order valence-corrected chi connectivity index (χ0v) is 26.8. The lowest BCUT2D eigenvalue weighted by Crippen LogP contribution is -2.40. The number of hydrogen-bond donors (Lipinski definition) is 3. The van der Waals surface area contributed by atoms with Crippen LogP contribution in [0.4, 0.5) is 4.79 Å². The number of nitrogens with two attached hydrogens (primary N) is 1. The maximum Gasteiger partial charge on any atom is 0.322 e. The van der Waals surface area contributed by atoms with Gasteiger partial charge in [0.15, 0.2) is 11.1 Å². The van der Waals surface area contributed by atoms with E-state index in [9.17, 15) is 14.4 Å². The molecule has 1 atom stereocenters. The zero-order valence-electron chi connectivity index (χ0n) is 26.0. The van der Waals surface area contributed by atoms with E-state index < -0.39 is 17.5 Å². The van der Waals surface area contributed by atoms with Crippen molar-refractivity contribution >= 4 is 46.5 Å². The molecule has 1 fully saturated rings. The largest absolute Gasteiger partial charge is 0.497 e. The maximum absolute atomic E-state index is 12.1. The number of urea groups is 1. The second-order valence-corrected chi connectivity index (χ2v) is 9.86. The molecule has 2 aromatic heterocycles. The highest BCUT2D eigenvalue weighted by atomic mass is 32.2. The minimum atomic E-state index is -1.25. The third-order valence-electron chi connectivity index (χ3n) is 6.45. The quantitative estimate of drug-likeness (QED) is 0.169. The summed E-state index contributed by atoms with van der Waals surface area (Å²) in [5, 5.41) is 10.3. The summed E-state index contributed by atoms with van der Waals surface area (Å²) in [5.41, 5.74) is 3.42. The molecule has 5 rings (SSSR count). The summed E-state index contributed by atoms with van der Waals surface area (Å²) < 4.78 is 10.8. The SMILES string of the molecule is C=C/C(=C\C=C(/C)c1ccc2oc(C3(C)NC(=O)NC3=O)cc2n1)SN.CC.CC.COc1ccc2c(c1)C(=O)N(C)C2. The Morgan fingerprint density at radius 2 is 1.84 bits per heavy atom. The summed E-state index contributed by atoms with van der Waals surface area (Å²) in [6.45, 7) is 15.9. The van der Waals surface area contributed by atoms with Gasteiger partial charge in [0.1, 0.15) is 17.0 Å². The van der Waals surface area contributed by atoms with Gasteiger partial charge in [-0.05, 0) is 67.3 Å². The number of carbonyl (C=O) groups excluding carboxylic acids is 3. The molecule has 11 heteroatoms. The van der Waals surface area contributed by atoms with Crippen LogP contribution in [0.1, 0.15) is 68.9 Å². The fourth-order valence-electron chi connectivity index (χ4n) is 4.11. The van der Waals surface area contributed by atoms with Crippen LogP contribution in [-0.2, 0) is 16.9 Å². The van der Waals surface area contributed by atoms with Gasteiger partial charge in [0.05, 0.1) is 12.8 Å². The summed E-state index contributed by atoms with van der Waals surface area (Å²) >= 11 is 1.12. The third kappa shape index (κ3) is 7.94. The molecule has 2 aliphatic heterocycles. The van der Waals surface area contributed by atoms with E-state index in [4.69, 9.17) is 14.3 Å². The molecular weight excluding hydrogens is 566 g/mol. The Kier molecular flexibility index (Phi) is 12.8. The number of nitrogens with one attached hydrogen (secondary N) is 2. The fraction of sp³-hybridized carbons (Fsp3) is 0.312. The van der Waals surface area contributed by atoms with Crippen molar-refractivity contribution in [3.63, 3.8) is 0 Å². The number of furan rings is 1. The van der Waals surface area contributed by atoms with Crippen molar-refractivity contribution in [2.75, 3.05) is 14.2 Å². The van der Waals surface area contributed by atoms with E-state index in [-0.39, 0.29) is 5.91 Å². The average molecular weight is 608 g/mol. The number of aromatic nitrogens is 1. The Bertz CT molecular complexity index is 1540. The number of pyridine rings is 1. The van der Waals surface area contributed by atoms with Crippen LogP contribution in [0.5, 0.6) is 5.75 Å². The first-order valence-electron chi connectivity index (χ1n) is 13.9. The third-order valence-corrected chi connectivity index (χ3v) is 7.03. The van der Waals surface area contributed by atoms with Gasteiger partial charge in [-0.15, -0.1) is 0 Å². The monoisotopic (exact) mass is 607 g/mol. The fourth-order valence-corrected chi connectivity index (χ4v) is 4.35. The van der Waals surface area contributed by atoms with E-state index in [0.717, 1.165) is 45.0 Å². The van der Waals surface area contributed by atoms with Crippen LogP contribution in [0.15, 0.2) is 70.5 Å². The summed E-state index contributed by atoms with van der Waals surface area (Å²) in [7, 11) is 3.40. The predicted octanol–water partition coefficient (Wildman–Crippen LogP) is 6.30. The van der Waals surface area contributed by atoms with E-state index in [1.54, 1.807) is 50.3 Å². The van der Waals surface area contributed by atoms with Gasteiger partial charge in [-0.1, -0.05) is 52.5 Å². The molecule has 0 aliphatic carbocycles. The Labute approximate surface area is 257 Å². The van der Waals surface area contributed by atoms with Gasteiger partial charge in [0.25, 0.3) is 11.8 Å². The van der Waals surface area contributed by atoms with Gasteiger partial charge in [-0.2, -0.15) is 0 Å². The number of amides is 4. The van der Waals surface area contributed by atoms with Crippen LogP contribution in [0, 0.1) is 0 Å². The van der Waals surface area contributed by atoms with Gasteiger partial charge in [0.2, 0.25) is 0 Å². The number of methoxy groups -OCH3 is 1. The molecule has 0 bridgehead atoms. The molecule has 2 aliphatic rings. The van der Waals surface area contributed by atoms with Gasteiger partial charge in [0, 0.05) is 30.1 Å². The van der Waals surface area contributed by atoms with Crippen LogP contribution < -0.4 is 20.5 Å². The lowest BCUT2D eigenvalue weighted by atomic mass is 10.00. The predicted molar refractivity (Wildman–Crippen MR) is 173 cm³/mol. The molecule has 4 amide bonds. The normalized spacial score (nSPS) is 17.4. The van der Waals surface area contributed by atoms with Crippen molar-refractivity contribution in [3.8, 4) is 5.75 Å².